The summed E-state index contributed by atoms with van der Waals surface area (Å²) in [4.78, 5) is 22.1. The maximum atomic E-state index is 11.3. The van der Waals surface area contributed by atoms with E-state index in [0.29, 0.717) is 16.8 Å². The summed E-state index contributed by atoms with van der Waals surface area (Å²) in [5.41, 5.74) is 6.80. The number of benzene rings is 1. The van der Waals surface area contributed by atoms with E-state index in [1.165, 1.54) is 12.1 Å². The Kier molecular flexibility index (Phi) is 1.67. The molecule has 0 saturated carbocycles. The van der Waals surface area contributed by atoms with Crippen molar-refractivity contribution in [2.75, 3.05) is 5.73 Å². The number of nitrogen functional groups attached to an aromatic ring is 1. The van der Waals surface area contributed by atoms with Gasteiger partial charge >= 0.3 is 5.97 Å². The first-order chi connectivity index (χ1) is 6.61. The molecule has 5 heteroatoms. The lowest BCUT2D eigenvalue weighted by Gasteiger charge is -2.03. The third-order valence-corrected chi connectivity index (χ3v) is 2.23. The van der Waals surface area contributed by atoms with Gasteiger partial charge in [-0.25, -0.2) is 4.79 Å². The predicted octanol–water partition coefficient (Wildman–Crippen LogP) is 0.210. The van der Waals surface area contributed by atoms with Crippen molar-refractivity contribution in [3.8, 4) is 0 Å². The van der Waals surface area contributed by atoms with Crippen LogP contribution >= 0.6 is 0 Å². The topological polar surface area (TPSA) is 92.4 Å². The molecule has 0 aliphatic carbocycles. The molecule has 2 rings (SSSR count). The van der Waals surface area contributed by atoms with Crippen LogP contribution in [0.15, 0.2) is 12.1 Å². The number of carbonyl (C=O) groups is 2. The first-order valence-electron chi connectivity index (χ1n) is 4.04. The Morgan fingerprint density at radius 3 is 2.86 bits per heavy atom. The largest absolute Gasteiger partial charge is 0.478 e. The monoisotopic (exact) mass is 192 g/mol. The van der Waals surface area contributed by atoms with Crippen molar-refractivity contribution in [2.24, 2.45) is 0 Å². The van der Waals surface area contributed by atoms with E-state index >= 15 is 0 Å². The molecule has 0 fully saturated rings. The quantitative estimate of drug-likeness (QED) is 0.554. The van der Waals surface area contributed by atoms with Crippen LogP contribution in [0, 0.1) is 0 Å². The Hall–Kier alpha value is -2.04. The highest BCUT2D eigenvalue weighted by atomic mass is 16.4. The van der Waals surface area contributed by atoms with Crippen LogP contribution in [0.25, 0.3) is 0 Å². The van der Waals surface area contributed by atoms with Crippen molar-refractivity contribution in [1.29, 1.82) is 0 Å². The van der Waals surface area contributed by atoms with Gasteiger partial charge in [0.25, 0.3) is 5.91 Å². The lowest BCUT2D eigenvalue weighted by atomic mass is 10.0. The van der Waals surface area contributed by atoms with E-state index < -0.39 is 5.97 Å². The van der Waals surface area contributed by atoms with E-state index in [9.17, 15) is 9.59 Å². The fourth-order valence-electron chi connectivity index (χ4n) is 1.58. The lowest BCUT2D eigenvalue weighted by Crippen LogP contribution is -2.13. The van der Waals surface area contributed by atoms with Crippen LogP contribution in [0.2, 0.25) is 0 Å². The highest BCUT2D eigenvalue weighted by molar-refractivity contribution is 6.06. The normalized spacial score (nSPS) is 13.6. The number of aromatic carboxylic acids is 1. The summed E-state index contributed by atoms with van der Waals surface area (Å²) in [5, 5.41) is 11.4. The second kappa shape index (κ2) is 2.73. The Balaban J connectivity index is 2.70. The third-order valence-electron chi connectivity index (χ3n) is 2.23. The van der Waals surface area contributed by atoms with Crippen LogP contribution < -0.4 is 11.1 Å². The molecule has 0 atom stereocenters. The number of amides is 1. The maximum Gasteiger partial charge on any atom is 0.336 e. The molecule has 0 saturated heterocycles. The van der Waals surface area contributed by atoms with E-state index in [4.69, 9.17) is 10.8 Å². The number of hydrogen-bond acceptors (Lipinski definition) is 3. The van der Waals surface area contributed by atoms with Gasteiger partial charge in [0.2, 0.25) is 0 Å². The van der Waals surface area contributed by atoms with Crippen molar-refractivity contribution in [1.82, 2.24) is 5.32 Å². The second-order valence-corrected chi connectivity index (χ2v) is 3.04. The Bertz CT molecular complexity index is 440. The predicted molar refractivity (Wildman–Crippen MR) is 49.0 cm³/mol. The van der Waals surface area contributed by atoms with Crippen molar-refractivity contribution in [2.45, 2.75) is 6.54 Å². The molecule has 1 aliphatic rings. The smallest absolute Gasteiger partial charge is 0.336 e. The average Bonchev–Trinajstić information content (AvgIpc) is 2.49. The molecule has 4 N–H and O–H groups in total. The van der Waals surface area contributed by atoms with Gasteiger partial charge in [0, 0.05) is 17.8 Å². The van der Waals surface area contributed by atoms with Gasteiger partial charge in [0.1, 0.15) is 0 Å². The zero-order valence-electron chi connectivity index (χ0n) is 7.20. The molecule has 1 aliphatic heterocycles. The van der Waals surface area contributed by atoms with Gasteiger partial charge in [-0.15, -0.1) is 0 Å². The number of rotatable bonds is 1. The van der Waals surface area contributed by atoms with Crippen molar-refractivity contribution in [3.63, 3.8) is 0 Å². The number of anilines is 1. The van der Waals surface area contributed by atoms with Gasteiger partial charge in [-0.1, -0.05) is 0 Å². The third kappa shape index (κ3) is 1.02. The van der Waals surface area contributed by atoms with E-state index in [2.05, 4.69) is 5.32 Å². The van der Waals surface area contributed by atoms with Gasteiger partial charge in [-0.2, -0.15) is 0 Å². The van der Waals surface area contributed by atoms with Crippen molar-refractivity contribution < 1.29 is 14.7 Å². The first kappa shape index (κ1) is 8.55. The molecular formula is C9H8N2O3. The summed E-state index contributed by atoms with van der Waals surface area (Å²) < 4.78 is 0. The highest BCUT2D eigenvalue weighted by Crippen LogP contribution is 2.25. The van der Waals surface area contributed by atoms with Gasteiger partial charge in [0.05, 0.1) is 11.1 Å². The first-order valence-corrected chi connectivity index (χ1v) is 4.04. The number of carboxylic acid groups (broad SMARTS) is 1. The van der Waals surface area contributed by atoms with Crippen molar-refractivity contribution in [3.05, 3.63) is 28.8 Å². The minimum absolute atomic E-state index is 0.132. The zero-order chi connectivity index (χ0) is 10.3. The summed E-state index contributed by atoms with van der Waals surface area (Å²) in [6.07, 6.45) is 0. The molecular weight excluding hydrogens is 184 g/mol. The molecule has 5 nitrogen and oxygen atoms in total. The summed E-state index contributed by atoms with van der Waals surface area (Å²) in [7, 11) is 0. The Morgan fingerprint density at radius 2 is 2.21 bits per heavy atom. The molecule has 72 valence electrons. The summed E-state index contributed by atoms with van der Waals surface area (Å²) in [6, 6.07) is 2.85. The molecule has 1 aromatic carbocycles. The minimum atomic E-state index is -1.04. The van der Waals surface area contributed by atoms with Gasteiger partial charge in [-0.05, 0) is 12.1 Å². The van der Waals surface area contributed by atoms with Crippen LogP contribution in [-0.4, -0.2) is 17.0 Å². The molecule has 0 radical (unpaired) electrons. The number of carboxylic acids is 1. The average molecular weight is 192 g/mol. The molecule has 1 aromatic rings. The molecule has 14 heavy (non-hydrogen) atoms. The molecule has 1 heterocycles. The standard InChI is InChI=1S/C9H8N2O3/c10-6-2-1-4(9(13)14)5-3-11-8(12)7(5)6/h1-2H,3,10H2,(H,11,12)(H,13,14). The minimum Gasteiger partial charge on any atom is -0.478 e. The van der Waals surface area contributed by atoms with Crippen LogP contribution in [0.4, 0.5) is 5.69 Å². The van der Waals surface area contributed by atoms with Crippen LogP contribution in [0.5, 0.6) is 0 Å². The number of fused-ring (bicyclic) bond motifs is 1. The maximum absolute atomic E-state index is 11.3. The Labute approximate surface area is 79.5 Å². The summed E-state index contributed by atoms with van der Waals surface area (Å²) in [6.45, 7) is 0.237. The number of carbonyl (C=O) groups excluding carboxylic acids is 1. The van der Waals surface area contributed by atoms with Crippen LogP contribution in [0.1, 0.15) is 26.3 Å². The number of nitrogens with two attached hydrogens (primary N) is 1. The van der Waals surface area contributed by atoms with E-state index in [-0.39, 0.29) is 18.0 Å². The van der Waals surface area contributed by atoms with E-state index in [1.54, 1.807) is 0 Å². The van der Waals surface area contributed by atoms with E-state index in [1.807, 2.05) is 0 Å². The van der Waals surface area contributed by atoms with Gasteiger partial charge in [-0.3, -0.25) is 4.79 Å². The molecule has 0 bridgehead atoms. The van der Waals surface area contributed by atoms with Crippen LogP contribution in [0.3, 0.4) is 0 Å². The Morgan fingerprint density at radius 1 is 1.50 bits per heavy atom. The molecule has 0 spiro atoms. The second-order valence-electron chi connectivity index (χ2n) is 3.04. The zero-order valence-corrected chi connectivity index (χ0v) is 7.20. The fourth-order valence-corrected chi connectivity index (χ4v) is 1.58. The lowest BCUT2D eigenvalue weighted by molar-refractivity contribution is 0.0695. The fraction of sp³-hybridized carbons (Fsp3) is 0.111. The van der Waals surface area contributed by atoms with Crippen molar-refractivity contribution >= 4 is 17.6 Å². The highest BCUT2D eigenvalue weighted by Gasteiger charge is 2.26. The van der Waals surface area contributed by atoms with Gasteiger partial charge in [0.15, 0.2) is 0 Å². The van der Waals surface area contributed by atoms with E-state index in [0.717, 1.165) is 0 Å². The number of nitrogens with one attached hydrogen (secondary N) is 1. The molecule has 1 amide bonds. The molecule has 0 unspecified atom stereocenters. The summed E-state index contributed by atoms with van der Waals surface area (Å²) >= 11 is 0. The number of hydrogen-bond donors (Lipinski definition) is 3. The summed E-state index contributed by atoms with van der Waals surface area (Å²) in [5.74, 6) is -1.35. The SMILES string of the molecule is Nc1ccc(C(=O)O)c2c1C(=O)NC2. The van der Waals surface area contributed by atoms with Crippen LogP contribution in [-0.2, 0) is 6.54 Å². The molecule has 0 aromatic heterocycles. The van der Waals surface area contributed by atoms with Gasteiger partial charge < -0.3 is 16.2 Å².